The van der Waals surface area contributed by atoms with Crippen LogP contribution in [0.5, 0.6) is 5.75 Å². The molecule has 1 fully saturated rings. The predicted octanol–water partition coefficient (Wildman–Crippen LogP) is 2.55. The van der Waals surface area contributed by atoms with Crippen molar-refractivity contribution in [2.75, 3.05) is 7.11 Å². The molecule has 0 amide bonds. The lowest BCUT2D eigenvalue weighted by atomic mass is 10.1. The van der Waals surface area contributed by atoms with Gasteiger partial charge in [-0.15, -0.1) is 0 Å². The zero-order valence-corrected chi connectivity index (χ0v) is 13.2. The third-order valence-corrected chi connectivity index (χ3v) is 3.72. The molecule has 1 aliphatic rings. The fraction of sp³-hybridized carbons (Fsp3) is 0.429. The van der Waals surface area contributed by atoms with E-state index < -0.39 is 18.4 Å². The highest BCUT2D eigenvalue weighted by atomic mass is 127. The summed E-state index contributed by atoms with van der Waals surface area (Å²) in [6.07, 6.45) is 1.72. The van der Waals surface area contributed by atoms with Crippen molar-refractivity contribution in [3.8, 4) is 5.75 Å². The number of halogens is 1. The first-order valence-corrected chi connectivity index (χ1v) is 7.36. The Balaban J connectivity index is 2.08. The Morgan fingerprint density at radius 2 is 2.25 bits per heavy atom. The summed E-state index contributed by atoms with van der Waals surface area (Å²) in [6.45, 7) is 0. The summed E-state index contributed by atoms with van der Waals surface area (Å²) in [5, 5.41) is 0. The fourth-order valence-corrected chi connectivity index (χ4v) is 2.49. The molecule has 1 aliphatic heterocycles. The second-order valence-electron chi connectivity index (χ2n) is 4.43. The van der Waals surface area contributed by atoms with Crippen LogP contribution >= 0.6 is 22.6 Å². The fourth-order valence-electron chi connectivity index (χ4n) is 2.03. The second-order valence-corrected chi connectivity index (χ2v) is 5.67. The Hall–Kier alpha value is -1.15. The minimum Gasteiger partial charge on any atom is -0.467 e. The first-order valence-electron chi connectivity index (χ1n) is 6.28. The molecule has 1 aromatic rings. The molecule has 0 bridgehead atoms. The Morgan fingerprint density at radius 1 is 1.45 bits per heavy atom. The van der Waals surface area contributed by atoms with Crippen LogP contribution in [-0.2, 0) is 14.3 Å². The van der Waals surface area contributed by atoms with Crippen molar-refractivity contribution >= 4 is 34.8 Å². The summed E-state index contributed by atoms with van der Waals surface area (Å²) in [4.78, 5) is 22.5. The average molecular weight is 390 g/mol. The number of methoxy groups -OCH3 is 1. The summed E-state index contributed by atoms with van der Waals surface area (Å²) in [7, 11) is 1.33. The molecule has 2 atom stereocenters. The highest BCUT2D eigenvalue weighted by molar-refractivity contribution is 14.1. The van der Waals surface area contributed by atoms with Gasteiger partial charge < -0.3 is 14.2 Å². The SMILES string of the molecule is COC(=O)[C@@H]1CCCC(Oc2cc(I)ccc2C=O)O1. The number of carbonyl (C=O) groups is 2. The molecular weight excluding hydrogens is 375 g/mol. The molecule has 5 nitrogen and oxygen atoms in total. The molecule has 20 heavy (non-hydrogen) atoms. The molecule has 1 heterocycles. The number of ether oxygens (including phenoxy) is 3. The summed E-state index contributed by atoms with van der Waals surface area (Å²) < 4.78 is 16.9. The largest absolute Gasteiger partial charge is 0.467 e. The van der Waals surface area contributed by atoms with Crippen molar-refractivity contribution in [2.45, 2.75) is 31.7 Å². The predicted molar refractivity (Wildman–Crippen MR) is 79.7 cm³/mol. The second kappa shape index (κ2) is 7.03. The monoisotopic (exact) mass is 390 g/mol. The Kier molecular flexibility index (Phi) is 5.36. The number of hydrogen-bond donors (Lipinski definition) is 0. The number of aldehydes is 1. The number of benzene rings is 1. The van der Waals surface area contributed by atoms with Gasteiger partial charge in [-0.3, -0.25) is 4.79 Å². The molecule has 0 radical (unpaired) electrons. The molecule has 1 aromatic carbocycles. The van der Waals surface area contributed by atoms with Gasteiger partial charge in [0.05, 0.1) is 12.7 Å². The third-order valence-electron chi connectivity index (χ3n) is 3.05. The van der Waals surface area contributed by atoms with Gasteiger partial charge in [0.1, 0.15) is 5.75 Å². The van der Waals surface area contributed by atoms with E-state index in [1.54, 1.807) is 12.1 Å². The molecule has 1 saturated heterocycles. The number of carbonyl (C=O) groups excluding carboxylic acids is 2. The summed E-state index contributed by atoms with van der Waals surface area (Å²) >= 11 is 2.14. The maximum Gasteiger partial charge on any atom is 0.335 e. The van der Waals surface area contributed by atoms with Crippen molar-refractivity contribution < 1.29 is 23.8 Å². The van der Waals surface area contributed by atoms with Crippen LogP contribution in [0, 0.1) is 3.57 Å². The Morgan fingerprint density at radius 3 is 2.95 bits per heavy atom. The first-order chi connectivity index (χ1) is 9.63. The lowest BCUT2D eigenvalue weighted by Gasteiger charge is -2.29. The van der Waals surface area contributed by atoms with Crippen LogP contribution in [0.3, 0.4) is 0 Å². The van der Waals surface area contributed by atoms with Crippen LogP contribution < -0.4 is 4.74 Å². The molecule has 0 aliphatic carbocycles. The molecule has 108 valence electrons. The lowest BCUT2D eigenvalue weighted by molar-refractivity contribution is -0.183. The van der Waals surface area contributed by atoms with Gasteiger partial charge in [-0.2, -0.15) is 0 Å². The van der Waals surface area contributed by atoms with Gasteiger partial charge in [0.25, 0.3) is 0 Å². The van der Waals surface area contributed by atoms with Crippen molar-refractivity contribution in [1.29, 1.82) is 0 Å². The molecule has 0 N–H and O–H groups in total. The molecule has 6 heteroatoms. The maximum atomic E-state index is 11.5. The zero-order chi connectivity index (χ0) is 14.5. The topological polar surface area (TPSA) is 61.8 Å². The van der Waals surface area contributed by atoms with Crippen LogP contribution in [0.2, 0.25) is 0 Å². The van der Waals surface area contributed by atoms with E-state index in [2.05, 4.69) is 27.3 Å². The first kappa shape index (κ1) is 15.2. The Bertz CT molecular complexity index is 502. The number of hydrogen-bond acceptors (Lipinski definition) is 5. The third kappa shape index (κ3) is 3.69. The quantitative estimate of drug-likeness (QED) is 0.449. The van der Waals surface area contributed by atoms with Gasteiger partial charge in [0.15, 0.2) is 12.4 Å². The molecule has 2 rings (SSSR count). The van der Waals surface area contributed by atoms with Gasteiger partial charge in [-0.1, -0.05) is 0 Å². The lowest BCUT2D eigenvalue weighted by Crippen LogP contribution is -2.37. The van der Waals surface area contributed by atoms with Crippen LogP contribution in [0.1, 0.15) is 29.6 Å². The Labute approximate surface area is 130 Å². The van der Waals surface area contributed by atoms with Gasteiger partial charge in [0, 0.05) is 9.99 Å². The smallest absolute Gasteiger partial charge is 0.335 e. The van der Waals surface area contributed by atoms with Gasteiger partial charge >= 0.3 is 5.97 Å². The average Bonchev–Trinajstić information content (AvgIpc) is 2.47. The van der Waals surface area contributed by atoms with Crippen molar-refractivity contribution in [3.63, 3.8) is 0 Å². The molecule has 0 saturated carbocycles. The van der Waals surface area contributed by atoms with Crippen LogP contribution in [0.15, 0.2) is 18.2 Å². The summed E-state index contributed by atoms with van der Waals surface area (Å²) in [5.41, 5.74) is 0.467. The number of esters is 1. The zero-order valence-electron chi connectivity index (χ0n) is 11.0. The van der Waals surface area contributed by atoms with E-state index in [-0.39, 0.29) is 0 Å². The highest BCUT2D eigenvalue weighted by Gasteiger charge is 2.30. The van der Waals surface area contributed by atoms with E-state index in [4.69, 9.17) is 9.47 Å². The standard InChI is InChI=1S/C14H15IO5/c1-18-14(17)11-3-2-4-13(19-11)20-12-7-10(15)6-5-9(12)8-16/h5-8,11,13H,2-4H2,1H3/t11-,13?/m0/s1. The van der Waals surface area contributed by atoms with Gasteiger partial charge in [-0.05, 0) is 53.6 Å². The molecule has 0 spiro atoms. The van der Waals surface area contributed by atoms with Crippen molar-refractivity contribution in [3.05, 3.63) is 27.3 Å². The normalized spacial score (nSPS) is 22.1. The molecule has 0 aromatic heterocycles. The number of rotatable bonds is 4. The van der Waals surface area contributed by atoms with Crippen LogP contribution in [-0.4, -0.2) is 31.8 Å². The van der Waals surface area contributed by atoms with Crippen molar-refractivity contribution in [1.82, 2.24) is 0 Å². The van der Waals surface area contributed by atoms with E-state index in [0.717, 1.165) is 16.3 Å². The molecule has 1 unspecified atom stereocenters. The highest BCUT2D eigenvalue weighted by Crippen LogP contribution is 2.26. The maximum absolute atomic E-state index is 11.5. The van der Waals surface area contributed by atoms with E-state index in [1.807, 2.05) is 6.07 Å². The summed E-state index contributed by atoms with van der Waals surface area (Å²) in [5.74, 6) is 0.0824. The van der Waals surface area contributed by atoms with Crippen molar-refractivity contribution in [2.24, 2.45) is 0 Å². The van der Waals surface area contributed by atoms with E-state index >= 15 is 0 Å². The summed E-state index contributed by atoms with van der Waals surface area (Å²) in [6, 6.07) is 5.30. The van der Waals surface area contributed by atoms with E-state index in [1.165, 1.54) is 7.11 Å². The molecular formula is C14H15IO5. The van der Waals surface area contributed by atoms with Crippen LogP contribution in [0.4, 0.5) is 0 Å². The minimum absolute atomic E-state index is 0.392. The van der Waals surface area contributed by atoms with Crippen LogP contribution in [0.25, 0.3) is 0 Å². The minimum atomic E-state index is -0.596. The van der Waals surface area contributed by atoms with Gasteiger partial charge in [-0.25, -0.2) is 4.79 Å². The van der Waals surface area contributed by atoms with Gasteiger partial charge in [0.2, 0.25) is 6.29 Å². The van der Waals surface area contributed by atoms with E-state index in [9.17, 15) is 9.59 Å². The van der Waals surface area contributed by atoms with E-state index in [0.29, 0.717) is 24.2 Å².